The molecule has 0 unspecified atom stereocenters. The summed E-state index contributed by atoms with van der Waals surface area (Å²) in [7, 11) is 5.03. The Morgan fingerprint density at radius 3 is 2.00 bits per heavy atom. The fourth-order valence-corrected chi connectivity index (χ4v) is 2.87. The summed E-state index contributed by atoms with van der Waals surface area (Å²) in [6.45, 7) is 3.01. The third-order valence-corrected chi connectivity index (χ3v) is 4.36. The Labute approximate surface area is 195 Å². The summed E-state index contributed by atoms with van der Waals surface area (Å²) >= 11 is 0. The molecule has 0 saturated heterocycles. The van der Waals surface area contributed by atoms with E-state index in [0.717, 1.165) is 54.6 Å². The average Bonchev–Trinajstić information content (AvgIpc) is 2.73. The highest BCUT2D eigenvalue weighted by Gasteiger charge is 2.05. The van der Waals surface area contributed by atoms with Gasteiger partial charge < -0.3 is 25.4 Å². The molecular formula is C22H31IN4O3. The fourth-order valence-electron chi connectivity index (χ4n) is 2.87. The molecule has 2 rings (SSSR count). The molecule has 0 aliphatic heterocycles. The average molecular weight is 526 g/mol. The van der Waals surface area contributed by atoms with Gasteiger partial charge in [0.25, 0.3) is 0 Å². The normalized spacial score (nSPS) is 10.6. The number of methoxy groups -OCH3 is 2. The van der Waals surface area contributed by atoms with E-state index < -0.39 is 0 Å². The second-order valence-electron chi connectivity index (χ2n) is 6.49. The molecule has 0 aliphatic rings. The van der Waals surface area contributed by atoms with Gasteiger partial charge in [0.15, 0.2) is 17.5 Å². The third-order valence-electron chi connectivity index (χ3n) is 4.36. The molecule has 0 bridgehead atoms. The summed E-state index contributed by atoms with van der Waals surface area (Å²) in [5, 5.41) is 9.40. The van der Waals surface area contributed by atoms with E-state index in [9.17, 15) is 4.79 Å². The lowest BCUT2D eigenvalue weighted by Crippen LogP contribution is -2.39. The number of ether oxygens (including phenoxy) is 2. The van der Waals surface area contributed by atoms with E-state index in [2.05, 4.69) is 20.9 Å². The van der Waals surface area contributed by atoms with Crippen LogP contribution in [0, 0.1) is 0 Å². The predicted octanol–water partition coefficient (Wildman–Crippen LogP) is 3.23. The number of guanidine groups is 1. The number of nitrogens with one attached hydrogen (secondary N) is 3. The summed E-state index contributed by atoms with van der Waals surface area (Å²) in [5.41, 5.74) is 3.15. The number of carbonyl (C=O) groups excluding carboxylic acids is 1. The van der Waals surface area contributed by atoms with Crippen LogP contribution in [0.1, 0.15) is 18.1 Å². The Kier molecular flexibility index (Phi) is 11.7. The van der Waals surface area contributed by atoms with Crippen LogP contribution in [0.3, 0.4) is 0 Å². The maximum atomic E-state index is 11.1. The molecule has 0 atom stereocenters. The van der Waals surface area contributed by atoms with Crippen molar-refractivity contribution in [3.05, 3.63) is 53.6 Å². The van der Waals surface area contributed by atoms with Crippen molar-refractivity contribution in [3.63, 3.8) is 0 Å². The van der Waals surface area contributed by atoms with Crippen LogP contribution in [0.2, 0.25) is 0 Å². The molecule has 3 N–H and O–H groups in total. The van der Waals surface area contributed by atoms with Crippen molar-refractivity contribution >= 4 is 41.5 Å². The van der Waals surface area contributed by atoms with Gasteiger partial charge in [0.05, 0.1) is 14.2 Å². The monoisotopic (exact) mass is 526 g/mol. The molecule has 30 heavy (non-hydrogen) atoms. The van der Waals surface area contributed by atoms with Gasteiger partial charge in [-0.1, -0.05) is 18.2 Å². The van der Waals surface area contributed by atoms with Crippen molar-refractivity contribution in [2.45, 2.75) is 19.8 Å². The topological polar surface area (TPSA) is 84.0 Å². The van der Waals surface area contributed by atoms with Gasteiger partial charge in [-0.3, -0.25) is 9.79 Å². The maximum absolute atomic E-state index is 11.1. The largest absolute Gasteiger partial charge is 0.493 e. The smallest absolute Gasteiger partial charge is 0.221 e. The molecule has 0 aromatic heterocycles. The van der Waals surface area contributed by atoms with Gasteiger partial charge in [0.1, 0.15) is 0 Å². The number of hydrogen-bond acceptors (Lipinski definition) is 4. The summed E-state index contributed by atoms with van der Waals surface area (Å²) in [4.78, 5) is 15.3. The number of hydrogen-bond donors (Lipinski definition) is 3. The highest BCUT2D eigenvalue weighted by atomic mass is 127. The van der Waals surface area contributed by atoms with E-state index in [1.165, 1.54) is 12.5 Å². The molecule has 8 heteroatoms. The molecule has 0 spiro atoms. The van der Waals surface area contributed by atoms with Gasteiger partial charge in [-0.05, 0) is 48.2 Å². The second kappa shape index (κ2) is 13.7. The Hall–Kier alpha value is -2.49. The Morgan fingerprint density at radius 1 is 0.900 bits per heavy atom. The highest BCUT2D eigenvalue weighted by Crippen LogP contribution is 2.27. The van der Waals surface area contributed by atoms with Crippen LogP contribution < -0.4 is 25.4 Å². The Balaban J connectivity index is 0.00000450. The Bertz CT molecular complexity index is 826. The maximum Gasteiger partial charge on any atom is 0.221 e. The summed E-state index contributed by atoms with van der Waals surface area (Å²) in [5.74, 6) is 2.16. The second-order valence-corrected chi connectivity index (χ2v) is 6.49. The van der Waals surface area contributed by atoms with Crippen LogP contribution in [0.15, 0.2) is 47.5 Å². The first-order valence-corrected chi connectivity index (χ1v) is 9.57. The van der Waals surface area contributed by atoms with Crippen molar-refractivity contribution in [1.82, 2.24) is 10.6 Å². The SMILES string of the molecule is CN=C(NCCc1ccc(NC(C)=O)cc1)NCCc1ccc(OC)c(OC)c1.I. The molecule has 2 aromatic rings. The van der Waals surface area contributed by atoms with E-state index >= 15 is 0 Å². The van der Waals surface area contributed by atoms with E-state index in [0.29, 0.717) is 0 Å². The van der Waals surface area contributed by atoms with E-state index in [1.54, 1.807) is 21.3 Å². The molecule has 0 radical (unpaired) electrons. The van der Waals surface area contributed by atoms with Crippen molar-refractivity contribution in [2.75, 3.05) is 39.7 Å². The molecule has 1 amide bonds. The summed E-state index contributed by atoms with van der Waals surface area (Å²) in [6, 6.07) is 13.8. The van der Waals surface area contributed by atoms with Crippen LogP contribution in [0.25, 0.3) is 0 Å². The molecule has 2 aromatic carbocycles. The van der Waals surface area contributed by atoms with Gasteiger partial charge in [-0.15, -0.1) is 24.0 Å². The zero-order valence-corrected chi connectivity index (χ0v) is 20.3. The van der Waals surface area contributed by atoms with Crippen molar-refractivity contribution < 1.29 is 14.3 Å². The minimum Gasteiger partial charge on any atom is -0.493 e. The molecule has 0 aliphatic carbocycles. The first-order chi connectivity index (χ1) is 14.0. The highest BCUT2D eigenvalue weighted by molar-refractivity contribution is 14.0. The van der Waals surface area contributed by atoms with Gasteiger partial charge >= 0.3 is 0 Å². The fraction of sp³-hybridized carbons (Fsp3) is 0.364. The van der Waals surface area contributed by atoms with E-state index in [4.69, 9.17) is 9.47 Å². The number of amides is 1. The quantitative estimate of drug-likeness (QED) is 0.266. The van der Waals surface area contributed by atoms with Crippen molar-refractivity contribution in [3.8, 4) is 11.5 Å². The third kappa shape index (κ3) is 8.48. The van der Waals surface area contributed by atoms with Crippen LogP contribution in [0.5, 0.6) is 11.5 Å². The summed E-state index contributed by atoms with van der Waals surface area (Å²) < 4.78 is 10.6. The molecule has 0 heterocycles. The molecule has 164 valence electrons. The summed E-state index contributed by atoms with van der Waals surface area (Å²) in [6.07, 6.45) is 1.70. The van der Waals surface area contributed by atoms with Crippen LogP contribution >= 0.6 is 24.0 Å². The van der Waals surface area contributed by atoms with E-state index in [-0.39, 0.29) is 29.9 Å². The predicted molar refractivity (Wildman–Crippen MR) is 132 cm³/mol. The first kappa shape index (κ1) is 25.5. The van der Waals surface area contributed by atoms with Crippen molar-refractivity contribution in [2.24, 2.45) is 4.99 Å². The van der Waals surface area contributed by atoms with Gasteiger partial charge in [0.2, 0.25) is 5.91 Å². The number of nitrogens with zero attached hydrogens (tertiary/aromatic N) is 1. The number of benzene rings is 2. The standard InChI is InChI=1S/C22H30N4O3.HI/c1-16(27)26-19-8-5-17(6-9-19)11-13-24-22(23-2)25-14-12-18-7-10-20(28-3)21(15-18)29-4;/h5-10,15H,11-14H2,1-4H3,(H,26,27)(H2,23,24,25);1H. The zero-order chi connectivity index (χ0) is 21.1. The minimum atomic E-state index is -0.0672. The molecule has 7 nitrogen and oxygen atoms in total. The lowest BCUT2D eigenvalue weighted by Gasteiger charge is -2.13. The van der Waals surface area contributed by atoms with E-state index in [1.807, 2.05) is 42.5 Å². The van der Waals surface area contributed by atoms with Gasteiger partial charge in [0, 0.05) is 32.7 Å². The van der Waals surface area contributed by atoms with Crippen molar-refractivity contribution in [1.29, 1.82) is 0 Å². The number of halogens is 1. The number of aliphatic imine (C=N–C) groups is 1. The van der Waals surface area contributed by atoms with Crippen LogP contribution in [-0.4, -0.2) is 46.2 Å². The molecule has 0 fully saturated rings. The van der Waals surface area contributed by atoms with Gasteiger partial charge in [-0.25, -0.2) is 0 Å². The zero-order valence-electron chi connectivity index (χ0n) is 18.0. The van der Waals surface area contributed by atoms with Crippen LogP contribution in [0.4, 0.5) is 5.69 Å². The Morgan fingerprint density at radius 2 is 1.47 bits per heavy atom. The number of anilines is 1. The number of carbonyl (C=O) groups is 1. The minimum absolute atomic E-state index is 0. The lowest BCUT2D eigenvalue weighted by atomic mass is 10.1. The molecule has 0 saturated carbocycles. The number of rotatable bonds is 9. The van der Waals surface area contributed by atoms with Gasteiger partial charge in [-0.2, -0.15) is 0 Å². The first-order valence-electron chi connectivity index (χ1n) is 9.57. The van der Waals surface area contributed by atoms with Crippen LogP contribution in [-0.2, 0) is 17.6 Å². The lowest BCUT2D eigenvalue weighted by molar-refractivity contribution is -0.114. The molecular weight excluding hydrogens is 495 g/mol.